The molecule has 1 fully saturated rings. The topological polar surface area (TPSA) is 76.8 Å². The summed E-state index contributed by atoms with van der Waals surface area (Å²) >= 11 is 4.18. The molecule has 140 valence electrons. The van der Waals surface area contributed by atoms with Crippen LogP contribution in [0.5, 0.6) is 0 Å². The van der Waals surface area contributed by atoms with Crippen LogP contribution in [0.3, 0.4) is 0 Å². The van der Waals surface area contributed by atoms with Gasteiger partial charge in [-0.2, -0.15) is 0 Å². The Morgan fingerprint density at radius 3 is 2.81 bits per heavy atom. The smallest absolute Gasteiger partial charge is 0.329 e. The Hall–Kier alpha value is -2.32. The first-order chi connectivity index (χ1) is 12.9. The first-order valence-electron chi connectivity index (χ1n) is 8.20. The molecule has 8 heteroatoms. The van der Waals surface area contributed by atoms with Gasteiger partial charge in [-0.15, -0.1) is 0 Å². The molecule has 3 rings (SSSR count). The molecule has 1 aliphatic heterocycles. The van der Waals surface area contributed by atoms with E-state index in [1.165, 1.54) is 13.0 Å². The molecule has 6 nitrogen and oxygen atoms in total. The summed E-state index contributed by atoms with van der Waals surface area (Å²) in [5, 5.41) is -0.509. The standard InChI is InChI=1S/C19H16BrNO5S/c1-3-25-18(23)11(2)21-17(22)16(27-19(21)24)10-14-7-8-15(26-14)12-5-4-6-13(20)9-12/h4-11H,3H2,1-2H3/b16-10-/t11-/m0/s1. The quantitative estimate of drug-likeness (QED) is 0.486. The predicted octanol–water partition coefficient (Wildman–Crippen LogP) is 4.70. The highest BCUT2D eigenvalue weighted by atomic mass is 79.9. The molecule has 0 spiro atoms. The molecule has 1 atom stereocenters. The van der Waals surface area contributed by atoms with Gasteiger partial charge in [0, 0.05) is 16.1 Å². The predicted molar refractivity (Wildman–Crippen MR) is 106 cm³/mol. The Balaban J connectivity index is 1.81. The van der Waals surface area contributed by atoms with Crippen molar-refractivity contribution in [3.8, 4) is 11.3 Å². The van der Waals surface area contributed by atoms with E-state index in [2.05, 4.69) is 15.9 Å². The fourth-order valence-electron chi connectivity index (χ4n) is 2.54. The van der Waals surface area contributed by atoms with E-state index in [1.54, 1.807) is 19.1 Å². The highest BCUT2D eigenvalue weighted by Crippen LogP contribution is 2.35. The minimum atomic E-state index is -0.975. The second kappa shape index (κ2) is 8.14. The first kappa shape index (κ1) is 19.4. The van der Waals surface area contributed by atoms with Crippen LogP contribution in [0.15, 0.2) is 50.2 Å². The van der Waals surface area contributed by atoms with E-state index >= 15 is 0 Å². The van der Waals surface area contributed by atoms with Crippen molar-refractivity contribution in [2.45, 2.75) is 19.9 Å². The zero-order valence-electron chi connectivity index (χ0n) is 14.6. The molecule has 2 amide bonds. The summed E-state index contributed by atoms with van der Waals surface area (Å²) in [5.74, 6) is -0.0668. The molecule has 2 aromatic rings. The normalized spacial score (nSPS) is 16.9. The van der Waals surface area contributed by atoms with Crippen molar-refractivity contribution in [2.24, 2.45) is 0 Å². The zero-order valence-corrected chi connectivity index (χ0v) is 17.0. The summed E-state index contributed by atoms with van der Waals surface area (Å²) in [4.78, 5) is 37.7. The van der Waals surface area contributed by atoms with Gasteiger partial charge in [-0.05, 0) is 49.9 Å². The molecule has 0 unspecified atom stereocenters. The summed E-state index contributed by atoms with van der Waals surface area (Å²) in [7, 11) is 0. The molecular weight excluding hydrogens is 434 g/mol. The highest BCUT2D eigenvalue weighted by molar-refractivity contribution is 9.10. The van der Waals surface area contributed by atoms with Crippen LogP contribution in [0.25, 0.3) is 17.4 Å². The maximum absolute atomic E-state index is 12.6. The zero-order chi connectivity index (χ0) is 19.6. The molecule has 1 aliphatic rings. The Morgan fingerprint density at radius 2 is 2.11 bits per heavy atom. The Morgan fingerprint density at radius 1 is 1.33 bits per heavy atom. The van der Waals surface area contributed by atoms with E-state index in [-0.39, 0.29) is 11.5 Å². The molecule has 0 saturated carbocycles. The number of amides is 2. The first-order valence-corrected chi connectivity index (χ1v) is 9.81. The molecule has 1 aromatic heterocycles. The van der Waals surface area contributed by atoms with E-state index in [0.717, 1.165) is 26.7 Å². The molecule has 0 radical (unpaired) electrons. The summed E-state index contributed by atoms with van der Waals surface area (Å²) in [6.07, 6.45) is 1.50. The van der Waals surface area contributed by atoms with Crippen LogP contribution in [0, 0.1) is 0 Å². The highest BCUT2D eigenvalue weighted by Gasteiger charge is 2.41. The lowest BCUT2D eigenvalue weighted by molar-refractivity contribution is -0.150. The lowest BCUT2D eigenvalue weighted by Gasteiger charge is -2.19. The number of rotatable bonds is 5. The van der Waals surface area contributed by atoms with Crippen molar-refractivity contribution in [1.82, 2.24) is 4.90 Å². The fraction of sp³-hybridized carbons (Fsp3) is 0.211. The number of nitrogens with zero attached hydrogens (tertiary/aromatic N) is 1. The summed E-state index contributed by atoms with van der Waals surface area (Å²) in [6, 6.07) is 10.2. The van der Waals surface area contributed by atoms with E-state index in [9.17, 15) is 14.4 Å². The van der Waals surface area contributed by atoms with Gasteiger partial charge < -0.3 is 9.15 Å². The number of ether oxygens (including phenoxy) is 1. The number of hydrogen-bond acceptors (Lipinski definition) is 6. The average molecular weight is 450 g/mol. The average Bonchev–Trinajstić information content (AvgIpc) is 3.20. The summed E-state index contributed by atoms with van der Waals surface area (Å²) < 4.78 is 11.6. The number of thioether (sulfide) groups is 1. The van der Waals surface area contributed by atoms with Gasteiger partial charge in [-0.25, -0.2) is 4.79 Å². The molecule has 27 heavy (non-hydrogen) atoms. The summed E-state index contributed by atoms with van der Waals surface area (Å²) in [6.45, 7) is 3.31. The van der Waals surface area contributed by atoms with Gasteiger partial charge in [-0.3, -0.25) is 14.5 Å². The van der Waals surface area contributed by atoms with Crippen LogP contribution in [0.4, 0.5) is 4.79 Å². The van der Waals surface area contributed by atoms with Crippen molar-refractivity contribution >= 4 is 50.9 Å². The van der Waals surface area contributed by atoms with Gasteiger partial charge in [0.15, 0.2) is 0 Å². The molecule has 0 aliphatic carbocycles. The van der Waals surface area contributed by atoms with Gasteiger partial charge in [0.2, 0.25) is 0 Å². The van der Waals surface area contributed by atoms with E-state index in [0.29, 0.717) is 11.5 Å². The molecular formula is C19H16BrNO5S. The Bertz CT molecular complexity index is 936. The lowest BCUT2D eigenvalue weighted by atomic mass is 10.2. The number of halogens is 1. The maximum Gasteiger partial charge on any atom is 0.329 e. The molecule has 0 bridgehead atoms. The van der Waals surface area contributed by atoms with Gasteiger partial charge in [0.25, 0.3) is 11.1 Å². The van der Waals surface area contributed by atoms with Gasteiger partial charge >= 0.3 is 5.97 Å². The van der Waals surface area contributed by atoms with Crippen LogP contribution in [0.2, 0.25) is 0 Å². The second-order valence-electron chi connectivity index (χ2n) is 5.69. The SMILES string of the molecule is CCOC(=O)[C@H](C)N1C(=O)S/C(=C\c2ccc(-c3cccc(Br)c3)o2)C1=O. The fourth-order valence-corrected chi connectivity index (χ4v) is 3.83. The number of furan rings is 1. The van der Waals surface area contributed by atoms with Gasteiger partial charge in [0.1, 0.15) is 17.6 Å². The van der Waals surface area contributed by atoms with Gasteiger partial charge in [-0.1, -0.05) is 28.1 Å². The lowest BCUT2D eigenvalue weighted by Crippen LogP contribution is -2.42. The molecule has 1 saturated heterocycles. The number of esters is 1. The largest absolute Gasteiger partial charge is 0.464 e. The Kier molecular flexibility index (Phi) is 5.86. The third-order valence-corrected chi connectivity index (χ3v) is 5.22. The van der Waals surface area contributed by atoms with Crippen molar-refractivity contribution in [3.05, 3.63) is 51.5 Å². The van der Waals surface area contributed by atoms with Crippen LogP contribution in [-0.2, 0) is 14.3 Å². The van der Waals surface area contributed by atoms with Gasteiger partial charge in [0.05, 0.1) is 11.5 Å². The second-order valence-corrected chi connectivity index (χ2v) is 7.60. The van der Waals surface area contributed by atoms with E-state index < -0.39 is 23.2 Å². The number of imide groups is 1. The van der Waals surface area contributed by atoms with Crippen LogP contribution in [0.1, 0.15) is 19.6 Å². The molecule has 1 aromatic carbocycles. The van der Waals surface area contributed by atoms with Crippen LogP contribution < -0.4 is 0 Å². The van der Waals surface area contributed by atoms with E-state index in [4.69, 9.17) is 9.15 Å². The number of carbonyl (C=O) groups is 3. The molecule has 2 heterocycles. The van der Waals surface area contributed by atoms with Crippen LogP contribution in [-0.4, -0.2) is 34.7 Å². The number of hydrogen-bond donors (Lipinski definition) is 0. The maximum atomic E-state index is 12.6. The third kappa shape index (κ3) is 4.17. The number of benzene rings is 1. The van der Waals surface area contributed by atoms with Crippen molar-refractivity contribution in [3.63, 3.8) is 0 Å². The van der Waals surface area contributed by atoms with Crippen molar-refractivity contribution < 1.29 is 23.5 Å². The minimum absolute atomic E-state index is 0.181. The summed E-state index contributed by atoms with van der Waals surface area (Å²) in [5.41, 5.74) is 0.882. The van der Waals surface area contributed by atoms with Crippen molar-refractivity contribution in [2.75, 3.05) is 6.61 Å². The monoisotopic (exact) mass is 449 g/mol. The Labute approximate surface area is 168 Å². The molecule has 0 N–H and O–H groups in total. The third-order valence-electron chi connectivity index (χ3n) is 3.85. The van der Waals surface area contributed by atoms with Crippen molar-refractivity contribution in [1.29, 1.82) is 0 Å². The number of carbonyl (C=O) groups excluding carboxylic acids is 3. The minimum Gasteiger partial charge on any atom is -0.464 e. The van der Waals surface area contributed by atoms with E-state index in [1.807, 2.05) is 24.3 Å². The van der Waals surface area contributed by atoms with Crippen LogP contribution >= 0.6 is 27.7 Å².